The van der Waals surface area contributed by atoms with E-state index in [1.807, 2.05) is 6.07 Å². The monoisotopic (exact) mass is 194 g/mol. The van der Waals surface area contributed by atoms with Crippen molar-refractivity contribution in [3.8, 4) is 0 Å². The van der Waals surface area contributed by atoms with Gasteiger partial charge in [0, 0.05) is 24.4 Å². The molecule has 3 N–H and O–H groups in total. The maximum Gasteiger partial charge on any atom is 0.252 e. The minimum absolute atomic E-state index is 0.0644. The van der Waals surface area contributed by atoms with Gasteiger partial charge in [-0.2, -0.15) is 0 Å². The van der Waals surface area contributed by atoms with Crippen LogP contribution in [-0.2, 0) is 11.3 Å². The number of hydrogen-bond acceptors (Lipinski definition) is 3. The molecule has 2 rings (SSSR count). The van der Waals surface area contributed by atoms with Gasteiger partial charge in [-0.05, 0) is 18.9 Å². The molecule has 4 nitrogen and oxygen atoms in total. The molecular formula is C10H14N2O2. The predicted octanol–water partition coefficient (Wildman–Crippen LogP) is 0.685. The highest BCUT2D eigenvalue weighted by molar-refractivity contribution is 5.16. The van der Waals surface area contributed by atoms with Crippen molar-refractivity contribution in [1.29, 1.82) is 0 Å². The minimum atomic E-state index is -0.0968. The summed E-state index contributed by atoms with van der Waals surface area (Å²) in [5, 5.41) is 0. The number of H-pyrrole nitrogens is 1. The normalized spacial score (nSPS) is 21.4. The van der Waals surface area contributed by atoms with Crippen molar-refractivity contribution in [2.24, 2.45) is 5.73 Å². The van der Waals surface area contributed by atoms with E-state index in [2.05, 4.69) is 4.98 Å². The number of rotatable bonds is 2. The number of aromatic amines is 1. The number of nitrogens with one attached hydrogen (secondary N) is 1. The largest absolute Gasteiger partial charge is 0.372 e. The Kier molecular flexibility index (Phi) is 2.65. The van der Waals surface area contributed by atoms with E-state index in [0.29, 0.717) is 5.56 Å². The number of pyridine rings is 1. The first-order valence-corrected chi connectivity index (χ1v) is 4.85. The Morgan fingerprint density at radius 3 is 3.00 bits per heavy atom. The Bertz CT molecular complexity index is 367. The molecule has 0 saturated carbocycles. The summed E-state index contributed by atoms with van der Waals surface area (Å²) < 4.78 is 5.47. The first-order valence-electron chi connectivity index (χ1n) is 4.85. The lowest BCUT2D eigenvalue weighted by atomic mass is 10.1. The van der Waals surface area contributed by atoms with E-state index in [-0.39, 0.29) is 18.2 Å². The van der Waals surface area contributed by atoms with Crippen LogP contribution in [0.2, 0.25) is 0 Å². The van der Waals surface area contributed by atoms with Crippen molar-refractivity contribution < 1.29 is 4.74 Å². The standard InChI is InChI=1S/C10H14N2O2/c11-6-7-3-4-8(12-10(7)13)9-2-1-5-14-9/h3-4,9H,1-2,5-6,11H2,(H,12,13). The zero-order chi connectivity index (χ0) is 9.97. The fourth-order valence-corrected chi connectivity index (χ4v) is 1.69. The average molecular weight is 194 g/mol. The van der Waals surface area contributed by atoms with Crippen LogP contribution in [0.15, 0.2) is 16.9 Å². The van der Waals surface area contributed by atoms with Gasteiger partial charge in [0.25, 0.3) is 5.56 Å². The van der Waals surface area contributed by atoms with Crippen LogP contribution >= 0.6 is 0 Å². The first-order chi connectivity index (χ1) is 6.81. The van der Waals surface area contributed by atoms with E-state index in [9.17, 15) is 4.79 Å². The molecule has 0 aliphatic carbocycles. The summed E-state index contributed by atoms with van der Waals surface area (Å²) in [4.78, 5) is 14.2. The fraction of sp³-hybridized carbons (Fsp3) is 0.500. The van der Waals surface area contributed by atoms with Crippen LogP contribution in [0.4, 0.5) is 0 Å². The maximum atomic E-state index is 11.4. The molecule has 2 heterocycles. The van der Waals surface area contributed by atoms with Crippen molar-refractivity contribution in [3.63, 3.8) is 0 Å². The molecule has 0 amide bonds. The molecular weight excluding hydrogens is 180 g/mol. The SMILES string of the molecule is NCc1ccc(C2CCCO2)[nH]c1=O. The summed E-state index contributed by atoms with van der Waals surface area (Å²) in [6.45, 7) is 1.06. The highest BCUT2D eigenvalue weighted by atomic mass is 16.5. The first kappa shape index (κ1) is 9.43. The zero-order valence-corrected chi connectivity index (χ0v) is 7.95. The fourth-order valence-electron chi connectivity index (χ4n) is 1.69. The van der Waals surface area contributed by atoms with Crippen molar-refractivity contribution in [2.45, 2.75) is 25.5 Å². The van der Waals surface area contributed by atoms with Crippen LogP contribution in [0, 0.1) is 0 Å². The highest BCUT2D eigenvalue weighted by Gasteiger charge is 2.18. The predicted molar refractivity (Wildman–Crippen MR) is 52.9 cm³/mol. The molecule has 1 aromatic heterocycles. The summed E-state index contributed by atoms with van der Waals surface area (Å²) in [6.07, 6.45) is 2.11. The van der Waals surface area contributed by atoms with Gasteiger partial charge >= 0.3 is 0 Å². The van der Waals surface area contributed by atoms with Gasteiger partial charge < -0.3 is 15.5 Å². The molecule has 14 heavy (non-hydrogen) atoms. The van der Waals surface area contributed by atoms with E-state index in [1.165, 1.54) is 0 Å². The summed E-state index contributed by atoms with van der Waals surface area (Å²) in [5.41, 5.74) is 6.79. The summed E-state index contributed by atoms with van der Waals surface area (Å²) >= 11 is 0. The molecule has 1 unspecified atom stereocenters. The Labute approximate surface area is 82.1 Å². The van der Waals surface area contributed by atoms with E-state index < -0.39 is 0 Å². The Hall–Kier alpha value is -1.13. The van der Waals surface area contributed by atoms with Crippen LogP contribution in [0.25, 0.3) is 0 Å². The number of hydrogen-bond donors (Lipinski definition) is 2. The van der Waals surface area contributed by atoms with Crippen LogP contribution < -0.4 is 11.3 Å². The molecule has 0 aromatic carbocycles. The highest BCUT2D eigenvalue weighted by Crippen LogP contribution is 2.26. The second-order valence-corrected chi connectivity index (χ2v) is 3.47. The Balaban J connectivity index is 2.27. The van der Waals surface area contributed by atoms with Crippen LogP contribution in [0.1, 0.15) is 30.2 Å². The third kappa shape index (κ3) is 1.71. The summed E-state index contributed by atoms with van der Waals surface area (Å²) in [7, 11) is 0. The molecule has 1 aromatic rings. The lowest BCUT2D eigenvalue weighted by Crippen LogP contribution is -2.18. The van der Waals surface area contributed by atoms with Gasteiger partial charge in [-0.3, -0.25) is 4.79 Å². The summed E-state index contributed by atoms with van der Waals surface area (Å²) in [6, 6.07) is 3.66. The molecule has 1 fully saturated rings. The van der Waals surface area contributed by atoms with Crippen LogP contribution in [0.5, 0.6) is 0 Å². The van der Waals surface area contributed by atoms with Crippen molar-refractivity contribution >= 4 is 0 Å². The molecule has 0 bridgehead atoms. The van der Waals surface area contributed by atoms with E-state index in [0.717, 1.165) is 25.1 Å². The van der Waals surface area contributed by atoms with Crippen LogP contribution in [0.3, 0.4) is 0 Å². The van der Waals surface area contributed by atoms with Gasteiger partial charge in [-0.1, -0.05) is 6.07 Å². The van der Waals surface area contributed by atoms with E-state index in [4.69, 9.17) is 10.5 Å². The van der Waals surface area contributed by atoms with Crippen molar-refractivity contribution in [1.82, 2.24) is 4.98 Å². The van der Waals surface area contributed by atoms with Crippen LogP contribution in [-0.4, -0.2) is 11.6 Å². The van der Waals surface area contributed by atoms with Gasteiger partial charge in [-0.25, -0.2) is 0 Å². The van der Waals surface area contributed by atoms with E-state index >= 15 is 0 Å². The Morgan fingerprint density at radius 1 is 1.57 bits per heavy atom. The molecule has 1 aliphatic heterocycles. The molecule has 1 atom stereocenters. The third-order valence-electron chi connectivity index (χ3n) is 2.51. The van der Waals surface area contributed by atoms with Gasteiger partial charge in [0.1, 0.15) is 0 Å². The molecule has 0 radical (unpaired) electrons. The molecule has 76 valence electrons. The van der Waals surface area contributed by atoms with Gasteiger partial charge in [0.05, 0.1) is 6.10 Å². The van der Waals surface area contributed by atoms with Gasteiger partial charge in [-0.15, -0.1) is 0 Å². The van der Waals surface area contributed by atoms with E-state index in [1.54, 1.807) is 6.07 Å². The van der Waals surface area contributed by atoms with Crippen molar-refractivity contribution in [2.75, 3.05) is 6.61 Å². The second kappa shape index (κ2) is 3.94. The van der Waals surface area contributed by atoms with Gasteiger partial charge in [0.2, 0.25) is 0 Å². The number of ether oxygens (including phenoxy) is 1. The topological polar surface area (TPSA) is 68.1 Å². The van der Waals surface area contributed by atoms with Crippen molar-refractivity contribution in [3.05, 3.63) is 33.7 Å². The number of nitrogens with two attached hydrogens (primary N) is 1. The smallest absolute Gasteiger partial charge is 0.252 e. The minimum Gasteiger partial charge on any atom is -0.372 e. The molecule has 1 aliphatic rings. The average Bonchev–Trinajstić information content (AvgIpc) is 2.70. The third-order valence-corrected chi connectivity index (χ3v) is 2.51. The summed E-state index contributed by atoms with van der Waals surface area (Å²) in [5.74, 6) is 0. The molecule has 0 spiro atoms. The zero-order valence-electron chi connectivity index (χ0n) is 7.95. The maximum absolute atomic E-state index is 11.4. The Morgan fingerprint density at radius 2 is 2.43 bits per heavy atom. The lowest BCUT2D eigenvalue weighted by Gasteiger charge is -2.09. The number of aromatic nitrogens is 1. The second-order valence-electron chi connectivity index (χ2n) is 3.47. The molecule has 1 saturated heterocycles. The van der Waals surface area contributed by atoms with Gasteiger partial charge in [0.15, 0.2) is 0 Å². The quantitative estimate of drug-likeness (QED) is 0.727. The molecule has 4 heteroatoms. The lowest BCUT2D eigenvalue weighted by molar-refractivity contribution is 0.108.